The van der Waals surface area contributed by atoms with Crippen molar-refractivity contribution in [2.75, 3.05) is 47.4 Å². The Morgan fingerprint density at radius 1 is 1.26 bits per heavy atom. The Kier molecular flexibility index (Phi) is 7.40. The van der Waals surface area contributed by atoms with Crippen LogP contribution in [0.3, 0.4) is 0 Å². The van der Waals surface area contributed by atoms with Gasteiger partial charge < -0.3 is 25.0 Å². The molecule has 0 aromatic rings. The second kappa shape index (κ2) is 7.96. The van der Waals surface area contributed by atoms with E-state index in [2.05, 4.69) is 5.32 Å². The van der Waals surface area contributed by atoms with E-state index in [0.29, 0.717) is 19.7 Å². The number of hydrogen-bond acceptors (Lipinski definition) is 4. The maximum absolute atomic E-state index is 11.8. The molecule has 0 saturated heterocycles. The Morgan fingerprint density at radius 3 is 2.32 bits per heavy atom. The first-order valence-electron chi connectivity index (χ1n) is 6.16. The summed E-state index contributed by atoms with van der Waals surface area (Å²) in [6.45, 7) is 5.52. The number of hydrogen-bond donors (Lipinski definition) is 2. The first-order chi connectivity index (χ1) is 8.73. The lowest BCUT2D eigenvalue weighted by Gasteiger charge is -2.31. The fourth-order valence-electron chi connectivity index (χ4n) is 1.23. The summed E-state index contributed by atoms with van der Waals surface area (Å²) in [5.41, 5.74) is -1.23. The first-order valence-corrected chi connectivity index (χ1v) is 6.16. The molecule has 0 radical (unpaired) electrons. The van der Waals surface area contributed by atoms with Crippen molar-refractivity contribution in [2.45, 2.75) is 19.4 Å². The minimum absolute atomic E-state index is 0.396. The van der Waals surface area contributed by atoms with Gasteiger partial charge in [0.15, 0.2) is 0 Å². The van der Waals surface area contributed by atoms with E-state index in [1.807, 2.05) is 11.9 Å². The van der Waals surface area contributed by atoms with E-state index < -0.39 is 17.5 Å². The smallest absolute Gasteiger partial charge is 0.329 e. The first kappa shape index (κ1) is 17.7. The van der Waals surface area contributed by atoms with E-state index in [1.54, 1.807) is 7.11 Å². The molecular weight excluding hydrogens is 250 g/mol. The molecule has 112 valence electrons. The molecule has 0 aliphatic carbocycles. The van der Waals surface area contributed by atoms with E-state index in [0.717, 1.165) is 6.54 Å². The van der Waals surface area contributed by atoms with Gasteiger partial charge in [-0.05, 0) is 20.9 Å². The van der Waals surface area contributed by atoms with Gasteiger partial charge in [-0.15, -0.1) is 0 Å². The van der Waals surface area contributed by atoms with Crippen molar-refractivity contribution in [3.63, 3.8) is 0 Å². The summed E-state index contributed by atoms with van der Waals surface area (Å²) in [5.74, 6) is -1.04. The van der Waals surface area contributed by atoms with Crippen LogP contribution in [-0.2, 0) is 9.53 Å². The van der Waals surface area contributed by atoms with Crippen LogP contribution in [-0.4, -0.2) is 79.9 Å². The number of nitrogens with zero attached hydrogens (tertiary/aromatic N) is 2. The maximum Gasteiger partial charge on any atom is 0.329 e. The van der Waals surface area contributed by atoms with Crippen LogP contribution in [0, 0.1) is 0 Å². The molecule has 0 heterocycles. The third-order valence-corrected chi connectivity index (χ3v) is 3.11. The summed E-state index contributed by atoms with van der Waals surface area (Å²) in [5, 5.41) is 11.7. The summed E-state index contributed by atoms with van der Waals surface area (Å²) >= 11 is 0. The second-order valence-corrected chi connectivity index (χ2v) is 4.95. The highest BCUT2D eigenvalue weighted by atomic mass is 16.5. The minimum Gasteiger partial charge on any atom is -0.480 e. The number of methoxy groups -OCH3 is 1. The van der Waals surface area contributed by atoms with E-state index in [9.17, 15) is 9.59 Å². The van der Waals surface area contributed by atoms with Gasteiger partial charge in [-0.25, -0.2) is 9.59 Å². The topological polar surface area (TPSA) is 82.1 Å². The zero-order chi connectivity index (χ0) is 15.1. The molecule has 0 aliphatic heterocycles. The molecule has 0 saturated carbocycles. The largest absolute Gasteiger partial charge is 0.480 e. The molecule has 0 spiro atoms. The van der Waals surface area contributed by atoms with E-state index in [-0.39, 0.29) is 0 Å². The Balaban J connectivity index is 4.08. The van der Waals surface area contributed by atoms with E-state index in [4.69, 9.17) is 9.84 Å². The van der Waals surface area contributed by atoms with E-state index in [1.165, 1.54) is 25.8 Å². The van der Waals surface area contributed by atoms with Crippen LogP contribution in [0.2, 0.25) is 0 Å². The predicted octanol–water partition coefficient (Wildman–Crippen LogP) is 0.0692. The third-order valence-electron chi connectivity index (χ3n) is 3.11. The molecule has 0 bridgehead atoms. The number of aliphatic carboxylic acids is 1. The molecule has 19 heavy (non-hydrogen) atoms. The Bertz CT molecular complexity index is 307. The maximum atomic E-state index is 11.8. The third kappa shape index (κ3) is 5.89. The Labute approximate surface area is 114 Å². The van der Waals surface area contributed by atoms with Gasteiger partial charge in [0.25, 0.3) is 0 Å². The van der Waals surface area contributed by atoms with Crippen LogP contribution in [0.15, 0.2) is 0 Å². The number of rotatable bonds is 8. The summed E-state index contributed by atoms with van der Waals surface area (Å²) in [7, 11) is 5.03. The van der Waals surface area contributed by atoms with Crippen molar-refractivity contribution in [3.8, 4) is 0 Å². The van der Waals surface area contributed by atoms with Gasteiger partial charge >= 0.3 is 12.0 Å². The summed E-state index contributed by atoms with van der Waals surface area (Å²) < 4.78 is 4.95. The Morgan fingerprint density at radius 2 is 1.84 bits per heavy atom. The number of carboxylic acids is 1. The fourth-order valence-corrected chi connectivity index (χ4v) is 1.23. The van der Waals surface area contributed by atoms with Gasteiger partial charge in [-0.2, -0.15) is 0 Å². The summed E-state index contributed by atoms with van der Waals surface area (Å²) in [6, 6.07) is -0.396. The van der Waals surface area contributed by atoms with Crippen LogP contribution >= 0.6 is 0 Å². The number of likely N-dealkylation sites (N-methyl/N-ethyl adjacent to an activating group) is 2. The average Bonchev–Trinajstić information content (AvgIpc) is 2.34. The number of carbonyl (C=O) groups excluding carboxylic acids is 1. The molecule has 0 aromatic heterocycles. The highest BCUT2D eigenvalue weighted by molar-refractivity contribution is 5.85. The van der Waals surface area contributed by atoms with Crippen molar-refractivity contribution in [1.82, 2.24) is 15.1 Å². The van der Waals surface area contributed by atoms with Gasteiger partial charge in [0.05, 0.1) is 6.61 Å². The molecule has 0 rings (SSSR count). The molecule has 7 heteroatoms. The van der Waals surface area contributed by atoms with Crippen molar-refractivity contribution >= 4 is 12.0 Å². The van der Waals surface area contributed by atoms with Crippen LogP contribution in [0.25, 0.3) is 0 Å². The lowest BCUT2D eigenvalue weighted by Crippen LogP contribution is -2.54. The minimum atomic E-state index is -1.23. The van der Waals surface area contributed by atoms with E-state index >= 15 is 0 Å². The highest BCUT2D eigenvalue weighted by Gasteiger charge is 2.35. The number of carboxylic acid groups (broad SMARTS) is 1. The monoisotopic (exact) mass is 275 g/mol. The summed E-state index contributed by atoms with van der Waals surface area (Å²) in [4.78, 5) is 26.0. The quantitative estimate of drug-likeness (QED) is 0.655. The molecular formula is C12H25N3O4. The van der Waals surface area contributed by atoms with Crippen LogP contribution < -0.4 is 5.32 Å². The van der Waals surface area contributed by atoms with Gasteiger partial charge in [-0.3, -0.25) is 0 Å². The Hall–Kier alpha value is -1.34. The molecule has 7 nitrogen and oxygen atoms in total. The van der Waals surface area contributed by atoms with Gasteiger partial charge in [-0.1, -0.05) is 0 Å². The molecule has 2 amide bonds. The molecule has 0 aromatic carbocycles. The zero-order valence-corrected chi connectivity index (χ0v) is 12.4. The van der Waals surface area contributed by atoms with Gasteiger partial charge in [0.2, 0.25) is 0 Å². The van der Waals surface area contributed by atoms with Crippen molar-refractivity contribution < 1.29 is 19.4 Å². The molecule has 0 aliphatic rings. The van der Waals surface area contributed by atoms with Crippen LogP contribution in [0.4, 0.5) is 4.79 Å². The van der Waals surface area contributed by atoms with Crippen molar-refractivity contribution in [1.29, 1.82) is 0 Å². The molecule has 2 N–H and O–H groups in total. The van der Waals surface area contributed by atoms with Gasteiger partial charge in [0.1, 0.15) is 5.54 Å². The lowest BCUT2D eigenvalue weighted by molar-refractivity contribution is -0.146. The number of amides is 2. The number of urea groups is 1. The summed E-state index contributed by atoms with van der Waals surface area (Å²) in [6.07, 6.45) is 0. The van der Waals surface area contributed by atoms with Gasteiger partial charge in [0, 0.05) is 33.8 Å². The molecule has 0 atom stereocenters. The standard InChI is InChI=1S/C12H25N3O4/c1-12(2,10(16)17)15(4)11(18)13-6-7-14(3)8-9-19-5/h6-9H2,1-5H3,(H,13,18)(H,16,17). The normalized spacial score (nSPS) is 11.5. The average molecular weight is 275 g/mol. The fraction of sp³-hybridized carbons (Fsp3) is 0.833. The number of ether oxygens (including phenoxy) is 1. The lowest BCUT2D eigenvalue weighted by atomic mass is 10.1. The number of carbonyl (C=O) groups is 2. The van der Waals surface area contributed by atoms with Crippen molar-refractivity contribution in [3.05, 3.63) is 0 Å². The molecule has 0 unspecified atom stereocenters. The van der Waals surface area contributed by atoms with Crippen LogP contribution in [0.1, 0.15) is 13.8 Å². The predicted molar refractivity (Wildman–Crippen MR) is 72.2 cm³/mol. The zero-order valence-electron chi connectivity index (χ0n) is 12.4. The second-order valence-electron chi connectivity index (χ2n) is 4.95. The highest BCUT2D eigenvalue weighted by Crippen LogP contribution is 2.12. The SMILES string of the molecule is COCCN(C)CCNC(=O)N(C)C(C)(C)C(=O)O. The van der Waals surface area contributed by atoms with Crippen molar-refractivity contribution in [2.24, 2.45) is 0 Å². The van der Waals surface area contributed by atoms with Crippen LogP contribution in [0.5, 0.6) is 0 Å². The number of nitrogens with one attached hydrogen (secondary N) is 1. The molecule has 0 fully saturated rings.